The van der Waals surface area contributed by atoms with Crippen LogP contribution in [0.4, 0.5) is 5.69 Å². The number of nitrogens with one attached hydrogen (secondary N) is 1. The number of ketones is 1. The highest BCUT2D eigenvalue weighted by atomic mass is 35.5. The summed E-state index contributed by atoms with van der Waals surface area (Å²) in [6.07, 6.45) is 1.09. The fourth-order valence-electron chi connectivity index (χ4n) is 5.29. The molecule has 0 aromatic heterocycles. The normalized spacial score (nSPS) is 19.9. The number of Topliss-reactive ketones (excluding diaryl/α,β-unsaturated/α-hetero) is 1. The molecule has 4 rings (SSSR count). The zero-order chi connectivity index (χ0) is 25.1. The number of carbonyl (C=O) groups is 2. The Balaban J connectivity index is 1.76. The van der Waals surface area contributed by atoms with Gasteiger partial charge in [0.05, 0.1) is 12.2 Å². The van der Waals surface area contributed by atoms with E-state index in [1.165, 1.54) is 0 Å². The highest BCUT2D eigenvalue weighted by molar-refractivity contribution is 6.30. The first-order valence-corrected chi connectivity index (χ1v) is 12.8. The lowest BCUT2D eigenvalue weighted by Crippen LogP contribution is -2.36. The maximum atomic E-state index is 13.7. The van der Waals surface area contributed by atoms with Gasteiger partial charge in [-0.15, -0.1) is 0 Å². The average Bonchev–Trinajstić information content (AvgIpc) is 2.85. The van der Waals surface area contributed by atoms with Gasteiger partial charge in [0.25, 0.3) is 0 Å². The fourth-order valence-corrected chi connectivity index (χ4v) is 5.41. The molecule has 0 amide bonds. The zero-order valence-electron chi connectivity index (χ0n) is 20.9. The van der Waals surface area contributed by atoms with Gasteiger partial charge in [-0.2, -0.15) is 0 Å². The molecule has 2 aliphatic rings. The third-order valence-corrected chi connectivity index (χ3v) is 7.27. The maximum Gasteiger partial charge on any atom is 0.336 e. The summed E-state index contributed by atoms with van der Waals surface area (Å²) in [6, 6.07) is 15.9. The molecule has 184 valence electrons. The molecule has 0 unspecified atom stereocenters. The Bertz CT molecular complexity index is 1160. The topological polar surface area (TPSA) is 58.6 Å². The number of esters is 1. The number of allylic oxidation sites excluding steroid dienone is 3. The van der Waals surface area contributed by atoms with Gasteiger partial charge >= 0.3 is 5.97 Å². The first-order chi connectivity index (χ1) is 16.9. The summed E-state index contributed by atoms with van der Waals surface area (Å²) >= 11 is 6.07. The van der Waals surface area contributed by atoms with E-state index in [9.17, 15) is 9.59 Å². The van der Waals surface area contributed by atoms with Gasteiger partial charge in [-0.3, -0.25) is 4.79 Å². The minimum absolute atomic E-state index is 0.0609. The van der Waals surface area contributed by atoms with E-state index in [0.717, 1.165) is 41.3 Å². The van der Waals surface area contributed by atoms with Crippen LogP contribution in [0.25, 0.3) is 0 Å². The van der Waals surface area contributed by atoms with Gasteiger partial charge in [-0.25, -0.2) is 4.79 Å². The van der Waals surface area contributed by atoms with Crippen LogP contribution in [0.5, 0.6) is 0 Å². The van der Waals surface area contributed by atoms with E-state index in [0.29, 0.717) is 29.0 Å². The molecule has 2 aromatic carbocycles. The summed E-state index contributed by atoms with van der Waals surface area (Å²) in [5.74, 6) is -0.705. The van der Waals surface area contributed by atoms with E-state index in [1.54, 1.807) is 6.92 Å². The van der Waals surface area contributed by atoms with E-state index < -0.39 is 5.92 Å². The minimum atomic E-state index is -0.449. The molecule has 0 fully saturated rings. The van der Waals surface area contributed by atoms with Crippen LogP contribution in [-0.4, -0.2) is 31.4 Å². The number of halogens is 1. The van der Waals surface area contributed by atoms with Crippen LogP contribution in [-0.2, 0) is 14.3 Å². The van der Waals surface area contributed by atoms with Gasteiger partial charge < -0.3 is 15.0 Å². The largest absolute Gasteiger partial charge is 0.463 e. The molecule has 0 saturated carbocycles. The lowest BCUT2D eigenvalue weighted by Gasteiger charge is -2.37. The highest BCUT2D eigenvalue weighted by Crippen LogP contribution is 2.46. The Hall–Kier alpha value is -3.05. The van der Waals surface area contributed by atoms with Crippen molar-refractivity contribution in [1.82, 2.24) is 5.32 Å². The first-order valence-electron chi connectivity index (χ1n) is 12.4. The van der Waals surface area contributed by atoms with Gasteiger partial charge in [0.2, 0.25) is 0 Å². The van der Waals surface area contributed by atoms with Gasteiger partial charge in [0.1, 0.15) is 0 Å². The van der Waals surface area contributed by atoms with E-state index in [-0.39, 0.29) is 24.3 Å². The lowest BCUT2D eigenvalue weighted by atomic mass is 9.71. The number of dihydropyridines is 1. The van der Waals surface area contributed by atoms with Crippen LogP contribution in [0.3, 0.4) is 0 Å². The molecule has 0 spiro atoms. The Morgan fingerprint density at radius 3 is 2.23 bits per heavy atom. The third kappa shape index (κ3) is 5.01. The first kappa shape index (κ1) is 25.1. The molecule has 2 aromatic rings. The van der Waals surface area contributed by atoms with Gasteiger partial charge in [-0.1, -0.05) is 35.9 Å². The second-order valence-electron chi connectivity index (χ2n) is 9.05. The minimum Gasteiger partial charge on any atom is -0.463 e. The number of ether oxygens (including phenoxy) is 1. The molecular weight excluding hydrogens is 460 g/mol. The van der Waals surface area contributed by atoms with E-state index in [4.69, 9.17) is 16.3 Å². The molecule has 0 bridgehead atoms. The predicted octanol–water partition coefficient (Wildman–Crippen LogP) is 6.11. The fraction of sp³-hybridized carbons (Fsp3) is 0.379. The van der Waals surface area contributed by atoms with Crippen molar-refractivity contribution < 1.29 is 14.3 Å². The second kappa shape index (κ2) is 10.7. The molecule has 6 heteroatoms. The Labute approximate surface area is 212 Å². The number of benzene rings is 2. The van der Waals surface area contributed by atoms with Crippen molar-refractivity contribution in [3.8, 4) is 0 Å². The Kier molecular flexibility index (Phi) is 7.66. The van der Waals surface area contributed by atoms with E-state index in [2.05, 4.69) is 36.2 Å². The highest BCUT2D eigenvalue weighted by Gasteiger charge is 2.41. The Morgan fingerprint density at radius 2 is 1.63 bits per heavy atom. The van der Waals surface area contributed by atoms with E-state index in [1.807, 2.05) is 43.3 Å². The van der Waals surface area contributed by atoms with Crippen LogP contribution in [0, 0.1) is 0 Å². The van der Waals surface area contributed by atoms with Crippen LogP contribution in [0.15, 0.2) is 71.1 Å². The number of anilines is 1. The van der Waals surface area contributed by atoms with Crippen molar-refractivity contribution in [1.29, 1.82) is 0 Å². The van der Waals surface area contributed by atoms with Crippen molar-refractivity contribution in [2.75, 3.05) is 24.6 Å². The molecular formula is C29H33ClN2O3. The van der Waals surface area contributed by atoms with Gasteiger partial charge in [-0.05, 0) is 75.4 Å². The molecule has 1 aliphatic carbocycles. The summed E-state index contributed by atoms with van der Waals surface area (Å²) < 4.78 is 5.43. The molecule has 1 heterocycles. The maximum absolute atomic E-state index is 13.7. The number of nitrogens with zero attached hydrogens (tertiary/aromatic N) is 1. The van der Waals surface area contributed by atoms with Crippen molar-refractivity contribution in [3.05, 3.63) is 87.2 Å². The SMILES string of the molecule is CCOC(=O)C1=C(C)NC2=C(C(=O)C[C@H](c3ccc(Cl)cc3)C2)[C@H]1c1ccc(N(CC)CC)cc1. The monoisotopic (exact) mass is 492 g/mol. The molecule has 1 aliphatic heterocycles. The summed E-state index contributed by atoms with van der Waals surface area (Å²) in [6.45, 7) is 10.1. The molecule has 0 radical (unpaired) electrons. The summed E-state index contributed by atoms with van der Waals surface area (Å²) in [5, 5.41) is 4.08. The summed E-state index contributed by atoms with van der Waals surface area (Å²) in [7, 11) is 0. The second-order valence-corrected chi connectivity index (χ2v) is 9.49. The number of rotatable bonds is 7. The van der Waals surface area contributed by atoms with Crippen LogP contribution in [0.1, 0.15) is 63.5 Å². The molecule has 1 N–H and O–H groups in total. The van der Waals surface area contributed by atoms with Crippen molar-refractivity contribution in [2.45, 2.75) is 52.4 Å². The summed E-state index contributed by atoms with van der Waals surface area (Å²) in [4.78, 5) is 29.0. The van der Waals surface area contributed by atoms with Crippen LogP contribution >= 0.6 is 11.6 Å². The van der Waals surface area contributed by atoms with Crippen LogP contribution in [0.2, 0.25) is 5.02 Å². The standard InChI is InChI=1S/C29H33ClN2O3/c1-5-32(6-2)23-14-10-20(11-15-23)27-26(29(34)35-7-3)18(4)31-24-16-21(17-25(33)28(24)27)19-8-12-22(30)13-9-19/h8-15,21,27,31H,5-7,16-17H2,1-4H3/t21-,27+/m1/s1. The predicted molar refractivity (Wildman–Crippen MR) is 141 cm³/mol. The molecule has 2 atom stereocenters. The number of hydrogen-bond acceptors (Lipinski definition) is 5. The van der Waals surface area contributed by atoms with Crippen molar-refractivity contribution >= 4 is 29.0 Å². The van der Waals surface area contributed by atoms with E-state index >= 15 is 0 Å². The molecule has 0 saturated heterocycles. The third-order valence-electron chi connectivity index (χ3n) is 7.02. The Morgan fingerprint density at radius 1 is 1.00 bits per heavy atom. The number of hydrogen-bond donors (Lipinski definition) is 1. The van der Waals surface area contributed by atoms with Gasteiger partial charge in [0, 0.05) is 53.1 Å². The zero-order valence-corrected chi connectivity index (χ0v) is 21.6. The lowest BCUT2D eigenvalue weighted by molar-refractivity contribution is -0.138. The van der Waals surface area contributed by atoms with Gasteiger partial charge in [0.15, 0.2) is 5.78 Å². The number of carbonyl (C=O) groups excluding carboxylic acids is 2. The molecule has 35 heavy (non-hydrogen) atoms. The smallest absolute Gasteiger partial charge is 0.336 e. The van der Waals surface area contributed by atoms with Crippen molar-refractivity contribution in [3.63, 3.8) is 0 Å². The molecule has 5 nitrogen and oxygen atoms in total. The quantitative estimate of drug-likeness (QED) is 0.472. The van der Waals surface area contributed by atoms with Crippen LogP contribution < -0.4 is 10.2 Å². The summed E-state index contributed by atoms with van der Waals surface area (Å²) in [5.41, 5.74) is 5.97. The average molecular weight is 493 g/mol. The van der Waals surface area contributed by atoms with Crippen molar-refractivity contribution in [2.24, 2.45) is 0 Å².